The maximum atomic E-state index is 12.9. The first kappa shape index (κ1) is 16.1. The lowest BCUT2D eigenvalue weighted by atomic mass is 9.59. The van der Waals surface area contributed by atoms with Gasteiger partial charge >= 0.3 is 0 Å². The van der Waals surface area contributed by atoms with Gasteiger partial charge in [0.05, 0.1) is 0 Å². The first-order valence-electron chi connectivity index (χ1n) is 9.06. The molecule has 126 valence electrons. The number of hydrogen-bond donors (Lipinski definition) is 0. The van der Waals surface area contributed by atoms with Gasteiger partial charge in [-0.15, -0.1) is 0 Å². The Bertz CT molecular complexity index is 846. The molecule has 0 radical (unpaired) electrons. The molecule has 1 saturated carbocycles. The van der Waals surface area contributed by atoms with Crippen LogP contribution in [0.5, 0.6) is 0 Å². The highest BCUT2D eigenvalue weighted by atomic mass is 16.1. The Morgan fingerprint density at radius 3 is 2.24 bits per heavy atom. The molecule has 2 aromatic carbocycles. The summed E-state index contributed by atoms with van der Waals surface area (Å²) in [4.78, 5) is 12.9. The summed E-state index contributed by atoms with van der Waals surface area (Å²) < 4.78 is 0. The molecule has 2 aliphatic carbocycles. The number of carbonyl (C=O) groups is 1. The van der Waals surface area contributed by atoms with E-state index in [1.807, 2.05) is 12.1 Å². The SMILES string of the molecule is CC12C=C(/C=C/c3ccccc3)C(C)(C1)C(c1ccccc1)CC2=O. The van der Waals surface area contributed by atoms with Crippen molar-refractivity contribution in [2.24, 2.45) is 10.8 Å². The molecule has 0 aromatic heterocycles. The van der Waals surface area contributed by atoms with Gasteiger partial charge in [-0.05, 0) is 30.0 Å². The maximum absolute atomic E-state index is 12.9. The Balaban J connectivity index is 1.75. The van der Waals surface area contributed by atoms with Crippen LogP contribution in [-0.4, -0.2) is 5.78 Å². The van der Waals surface area contributed by atoms with E-state index in [0.29, 0.717) is 12.2 Å². The van der Waals surface area contributed by atoms with Gasteiger partial charge in [-0.25, -0.2) is 0 Å². The van der Waals surface area contributed by atoms with Crippen molar-refractivity contribution in [1.29, 1.82) is 0 Å². The third-order valence-electron chi connectivity index (χ3n) is 6.12. The Morgan fingerprint density at radius 1 is 0.920 bits per heavy atom. The number of rotatable bonds is 3. The quantitative estimate of drug-likeness (QED) is 0.696. The van der Waals surface area contributed by atoms with Gasteiger partial charge < -0.3 is 0 Å². The topological polar surface area (TPSA) is 17.1 Å². The van der Waals surface area contributed by atoms with Crippen molar-refractivity contribution < 1.29 is 4.79 Å². The predicted octanol–water partition coefficient (Wildman–Crippen LogP) is 5.80. The standard InChI is InChI=1S/C24H24O/c1-23-16-20(14-13-18-9-5-3-6-10-18)24(2,17-23)21(15-22(23)25)19-11-7-4-8-12-19/h3-14,16,21H,15,17H2,1-2H3/b14-13+. The van der Waals surface area contributed by atoms with E-state index in [9.17, 15) is 4.79 Å². The Kier molecular flexibility index (Phi) is 3.76. The molecule has 2 aliphatic rings. The van der Waals surface area contributed by atoms with Crippen LogP contribution in [0.3, 0.4) is 0 Å². The molecule has 1 fully saturated rings. The molecule has 0 saturated heterocycles. The van der Waals surface area contributed by atoms with Gasteiger partial charge in [0.25, 0.3) is 0 Å². The van der Waals surface area contributed by atoms with Crippen molar-refractivity contribution in [2.45, 2.75) is 32.6 Å². The molecule has 0 spiro atoms. The van der Waals surface area contributed by atoms with Crippen LogP contribution in [-0.2, 0) is 4.79 Å². The van der Waals surface area contributed by atoms with Crippen molar-refractivity contribution in [1.82, 2.24) is 0 Å². The van der Waals surface area contributed by atoms with Gasteiger partial charge in [0.1, 0.15) is 5.78 Å². The molecule has 2 bridgehead atoms. The number of benzene rings is 2. The van der Waals surface area contributed by atoms with Crippen LogP contribution >= 0.6 is 0 Å². The van der Waals surface area contributed by atoms with Gasteiger partial charge in [-0.3, -0.25) is 4.79 Å². The van der Waals surface area contributed by atoms with E-state index < -0.39 is 0 Å². The number of ketones is 1. The summed E-state index contributed by atoms with van der Waals surface area (Å²) in [6.07, 6.45) is 8.18. The Labute approximate surface area is 150 Å². The van der Waals surface area contributed by atoms with E-state index in [1.165, 1.54) is 16.7 Å². The smallest absolute Gasteiger partial charge is 0.143 e. The summed E-state index contributed by atoms with van der Waals surface area (Å²) >= 11 is 0. The van der Waals surface area contributed by atoms with E-state index in [0.717, 1.165) is 6.42 Å². The zero-order valence-corrected chi connectivity index (χ0v) is 14.9. The van der Waals surface area contributed by atoms with Gasteiger partial charge in [-0.2, -0.15) is 0 Å². The molecule has 3 unspecified atom stereocenters. The highest BCUT2D eigenvalue weighted by Gasteiger charge is 2.55. The first-order chi connectivity index (χ1) is 12.0. The van der Waals surface area contributed by atoms with Crippen LogP contribution in [0, 0.1) is 10.8 Å². The molecule has 3 atom stereocenters. The molecule has 1 nitrogen and oxygen atoms in total. The maximum Gasteiger partial charge on any atom is 0.143 e. The van der Waals surface area contributed by atoms with Crippen molar-refractivity contribution >= 4 is 11.9 Å². The average molecular weight is 328 g/mol. The van der Waals surface area contributed by atoms with Crippen molar-refractivity contribution in [3.63, 3.8) is 0 Å². The first-order valence-corrected chi connectivity index (χ1v) is 9.06. The number of carbonyl (C=O) groups excluding carboxylic acids is 1. The van der Waals surface area contributed by atoms with E-state index >= 15 is 0 Å². The molecule has 0 N–H and O–H groups in total. The summed E-state index contributed by atoms with van der Waals surface area (Å²) in [6, 6.07) is 20.9. The number of fused-ring (bicyclic) bond motifs is 2. The van der Waals surface area contributed by atoms with Gasteiger partial charge in [0.15, 0.2) is 0 Å². The van der Waals surface area contributed by atoms with Crippen molar-refractivity contribution in [2.75, 3.05) is 0 Å². The zero-order valence-electron chi connectivity index (χ0n) is 14.9. The highest BCUT2D eigenvalue weighted by molar-refractivity contribution is 5.90. The fourth-order valence-corrected chi connectivity index (χ4v) is 4.73. The summed E-state index contributed by atoms with van der Waals surface area (Å²) in [6.45, 7) is 4.45. The highest BCUT2D eigenvalue weighted by Crippen LogP contribution is 2.61. The third kappa shape index (κ3) is 2.68. The predicted molar refractivity (Wildman–Crippen MR) is 103 cm³/mol. The van der Waals surface area contributed by atoms with Gasteiger partial charge in [-0.1, -0.05) is 85.8 Å². The molecular formula is C24H24O. The molecule has 25 heavy (non-hydrogen) atoms. The second-order valence-electron chi connectivity index (χ2n) is 7.95. The molecular weight excluding hydrogens is 304 g/mol. The number of hydrogen-bond acceptors (Lipinski definition) is 1. The number of Topliss-reactive ketones (excluding diaryl/α,β-unsaturated/α-hetero) is 1. The second-order valence-corrected chi connectivity index (χ2v) is 7.95. The fourth-order valence-electron chi connectivity index (χ4n) is 4.73. The Hall–Kier alpha value is -2.41. The number of allylic oxidation sites excluding steroid dienone is 3. The van der Waals surface area contributed by atoms with Crippen molar-refractivity contribution in [3.8, 4) is 0 Å². The van der Waals surface area contributed by atoms with Gasteiger partial charge in [0.2, 0.25) is 0 Å². The van der Waals surface area contributed by atoms with Crippen LogP contribution in [0.4, 0.5) is 0 Å². The fraction of sp³-hybridized carbons (Fsp3) is 0.292. The average Bonchev–Trinajstić information content (AvgIpc) is 2.87. The van der Waals surface area contributed by atoms with E-state index in [2.05, 4.69) is 80.6 Å². The van der Waals surface area contributed by atoms with E-state index in [1.54, 1.807) is 0 Å². The Morgan fingerprint density at radius 2 is 1.56 bits per heavy atom. The van der Waals surface area contributed by atoms with Crippen LogP contribution in [0.1, 0.15) is 43.7 Å². The minimum atomic E-state index is -0.309. The summed E-state index contributed by atoms with van der Waals surface area (Å²) in [5, 5.41) is 0. The molecule has 4 rings (SSSR count). The normalized spacial score (nSPS) is 31.4. The largest absolute Gasteiger partial charge is 0.299 e. The summed E-state index contributed by atoms with van der Waals surface area (Å²) in [5.74, 6) is 0.630. The second kappa shape index (κ2) is 5.84. The molecule has 1 heteroatoms. The molecule has 0 amide bonds. The lowest BCUT2D eigenvalue weighted by Crippen LogP contribution is -2.39. The zero-order chi connectivity index (χ0) is 17.5. The van der Waals surface area contributed by atoms with Crippen LogP contribution < -0.4 is 0 Å². The summed E-state index contributed by atoms with van der Waals surface area (Å²) in [7, 11) is 0. The van der Waals surface area contributed by atoms with Gasteiger partial charge in [0, 0.05) is 23.2 Å². The molecule has 2 aromatic rings. The van der Waals surface area contributed by atoms with Crippen LogP contribution in [0.15, 0.2) is 78.4 Å². The molecule has 0 aliphatic heterocycles. The van der Waals surface area contributed by atoms with Crippen LogP contribution in [0.25, 0.3) is 6.08 Å². The van der Waals surface area contributed by atoms with E-state index in [4.69, 9.17) is 0 Å². The third-order valence-corrected chi connectivity index (χ3v) is 6.12. The van der Waals surface area contributed by atoms with E-state index in [-0.39, 0.29) is 16.7 Å². The molecule has 0 heterocycles. The lowest BCUT2D eigenvalue weighted by molar-refractivity contribution is -0.130. The lowest BCUT2D eigenvalue weighted by Gasteiger charge is -2.43. The minimum absolute atomic E-state index is 0.00922. The monoisotopic (exact) mass is 328 g/mol. The summed E-state index contributed by atoms with van der Waals surface area (Å²) in [5.41, 5.74) is 3.48. The minimum Gasteiger partial charge on any atom is -0.299 e. The van der Waals surface area contributed by atoms with Crippen LogP contribution in [0.2, 0.25) is 0 Å². The van der Waals surface area contributed by atoms with Crippen molar-refractivity contribution in [3.05, 3.63) is 89.5 Å².